The molecular formula is C23H28ClNO3. The van der Waals surface area contributed by atoms with Gasteiger partial charge in [-0.3, -0.25) is 9.69 Å². The molecule has 1 fully saturated rings. The molecule has 28 heavy (non-hydrogen) atoms. The first-order chi connectivity index (χ1) is 13.7. The fraction of sp³-hybridized carbons (Fsp3) is 0.435. The van der Waals surface area contributed by atoms with Crippen LogP contribution >= 0.6 is 11.6 Å². The molecule has 150 valence electrons. The molecule has 1 heterocycles. The number of carbonyl (C=O) groups is 1. The smallest absolute Gasteiger partial charge is 0.307 e. The zero-order chi connectivity index (χ0) is 19.8. The van der Waals surface area contributed by atoms with E-state index in [2.05, 4.69) is 29.2 Å². The summed E-state index contributed by atoms with van der Waals surface area (Å²) in [6, 6.07) is 16.2. The monoisotopic (exact) mass is 401 g/mol. The Labute approximate surface area is 172 Å². The van der Waals surface area contributed by atoms with E-state index in [1.54, 1.807) is 0 Å². The van der Waals surface area contributed by atoms with E-state index in [1.165, 1.54) is 0 Å². The van der Waals surface area contributed by atoms with Crippen LogP contribution in [0.1, 0.15) is 38.2 Å². The van der Waals surface area contributed by atoms with E-state index in [1.807, 2.05) is 31.2 Å². The number of halogens is 1. The van der Waals surface area contributed by atoms with Crippen LogP contribution in [-0.2, 0) is 20.9 Å². The summed E-state index contributed by atoms with van der Waals surface area (Å²) in [7, 11) is 0. The van der Waals surface area contributed by atoms with Gasteiger partial charge in [-0.05, 0) is 43.4 Å². The predicted molar refractivity (Wildman–Crippen MR) is 112 cm³/mol. The van der Waals surface area contributed by atoms with Crippen molar-refractivity contribution in [3.8, 4) is 11.1 Å². The Morgan fingerprint density at radius 3 is 2.68 bits per heavy atom. The lowest BCUT2D eigenvalue weighted by atomic mass is 10.0. The van der Waals surface area contributed by atoms with Gasteiger partial charge in [0, 0.05) is 23.7 Å². The molecule has 0 radical (unpaired) electrons. The third kappa shape index (κ3) is 5.81. The van der Waals surface area contributed by atoms with Crippen molar-refractivity contribution in [2.24, 2.45) is 0 Å². The van der Waals surface area contributed by atoms with Crippen molar-refractivity contribution in [3.63, 3.8) is 0 Å². The lowest BCUT2D eigenvalue weighted by Crippen LogP contribution is -2.42. The first kappa shape index (κ1) is 20.8. The second-order valence-corrected chi connectivity index (χ2v) is 7.44. The Morgan fingerprint density at radius 2 is 1.93 bits per heavy atom. The van der Waals surface area contributed by atoms with Crippen molar-refractivity contribution in [1.82, 2.24) is 4.90 Å². The SMILES string of the molecule is CCOC(=O)CCN1CCCCC1OCc1ccc(-c2ccccc2Cl)cc1. The minimum Gasteiger partial charge on any atom is -0.466 e. The zero-order valence-corrected chi connectivity index (χ0v) is 17.2. The van der Waals surface area contributed by atoms with Gasteiger partial charge in [-0.1, -0.05) is 54.1 Å². The summed E-state index contributed by atoms with van der Waals surface area (Å²) < 4.78 is 11.2. The van der Waals surface area contributed by atoms with E-state index in [-0.39, 0.29) is 12.2 Å². The molecule has 2 aromatic carbocycles. The average Bonchev–Trinajstić information content (AvgIpc) is 2.72. The summed E-state index contributed by atoms with van der Waals surface area (Å²) in [5.74, 6) is -0.137. The summed E-state index contributed by atoms with van der Waals surface area (Å²) in [6.07, 6.45) is 3.79. The van der Waals surface area contributed by atoms with Crippen molar-refractivity contribution in [2.75, 3.05) is 19.7 Å². The van der Waals surface area contributed by atoms with Crippen LogP contribution in [0.25, 0.3) is 11.1 Å². The third-order valence-corrected chi connectivity index (χ3v) is 5.37. The van der Waals surface area contributed by atoms with Crippen molar-refractivity contribution in [2.45, 2.75) is 45.4 Å². The maximum absolute atomic E-state index is 11.6. The van der Waals surface area contributed by atoms with Gasteiger partial charge in [-0.2, -0.15) is 0 Å². The van der Waals surface area contributed by atoms with E-state index in [0.29, 0.717) is 26.2 Å². The predicted octanol–water partition coefficient (Wildman–Crippen LogP) is 5.29. The zero-order valence-electron chi connectivity index (χ0n) is 16.4. The number of piperidine rings is 1. The van der Waals surface area contributed by atoms with E-state index >= 15 is 0 Å². The summed E-state index contributed by atoms with van der Waals surface area (Å²) in [5.41, 5.74) is 3.27. The molecule has 0 aromatic heterocycles. The minimum atomic E-state index is -0.137. The van der Waals surface area contributed by atoms with Crippen molar-refractivity contribution in [1.29, 1.82) is 0 Å². The van der Waals surface area contributed by atoms with Crippen LogP contribution in [0.2, 0.25) is 5.02 Å². The summed E-state index contributed by atoms with van der Waals surface area (Å²) in [4.78, 5) is 13.9. The van der Waals surface area contributed by atoms with E-state index in [4.69, 9.17) is 21.1 Å². The maximum atomic E-state index is 11.6. The lowest BCUT2D eigenvalue weighted by Gasteiger charge is -2.35. The summed E-state index contributed by atoms with van der Waals surface area (Å²) in [6.45, 7) is 4.48. The molecule has 0 saturated carbocycles. The molecule has 1 unspecified atom stereocenters. The molecule has 1 saturated heterocycles. The highest BCUT2D eigenvalue weighted by Crippen LogP contribution is 2.28. The number of likely N-dealkylation sites (tertiary alicyclic amines) is 1. The van der Waals surface area contributed by atoms with Gasteiger partial charge in [0.05, 0.1) is 19.6 Å². The standard InChI is InChI=1S/C23H28ClNO3/c1-2-27-23(26)14-16-25-15-6-5-9-22(25)28-17-18-10-12-19(13-11-18)20-7-3-4-8-21(20)24/h3-4,7-8,10-13,22H,2,5-6,9,14-17H2,1H3. The minimum absolute atomic E-state index is 0.0615. The molecule has 0 aliphatic carbocycles. The van der Waals surface area contributed by atoms with Gasteiger partial charge in [0.15, 0.2) is 0 Å². The van der Waals surface area contributed by atoms with E-state index in [0.717, 1.165) is 47.5 Å². The number of hydrogen-bond donors (Lipinski definition) is 0. The molecule has 1 aliphatic rings. The molecule has 0 N–H and O–H groups in total. The molecule has 0 bridgehead atoms. The van der Waals surface area contributed by atoms with Crippen LogP contribution in [0.15, 0.2) is 48.5 Å². The molecule has 1 aliphatic heterocycles. The second kappa shape index (κ2) is 10.6. The van der Waals surface area contributed by atoms with Gasteiger partial charge in [-0.15, -0.1) is 0 Å². The van der Waals surface area contributed by atoms with Crippen molar-refractivity contribution < 1.29 is 14.3 Å². The number of hydrogen-bond acceptors (Lipinski definition) is 4. The first-order valence-electron chi connectivity index (χ1n) is 10.0. The van der Waals surface area contributed by atoms with Crippen LogP contribution < -0.4 is 0 Å². The van der Waals surface area contributed by atoms with Crippen LogP contribution in [0.3, 0.4) is 0 Å². The highest BCUT2D eigenvalue weighted by atomic mass is 35.5. The van der Waals surface area contributed by atoms with Crippen molar-refractivity contribution >= 4 is 17.6 Å². The van der Waals surface area contributed by atoms with Gasteiger partial charge < -0.3 is 9.47 Å². The number of rotatable bonds is 8. The molecule has 0 amide bonds. The Morgan fingerprint density at radius 1 is 1.14 bits per heavy atom. The van der Waals surface area contributed by atoms with Crippen molar-refractivity contribution in [3.05, 3.63) is 59.1 Å². The van der Waals surface area contributed by atoms with E-state index < -0.39 is 0 Å². The molecule has 2 aromatic rings. The van der Waals surface area contributed by atoms with Gasteiger partial charge >= 0.3 is 5.97 Å². The Balaban J connectivity index is 1.54. The van der Waals surface area contributed by atoms with Crippen LogP contribution in [-0.4, -0.2) is 36.8 Å². The highest BCUT2D eigenvalue weighted by molar-refractivity contribution is 6.33. The topological polar surface area (TPSA) is 38.8 Å². The fourth-order valence-corrected chi connectivity index (χ4v) is 3.79. The molecular weight excluding hydrogens is 374 g/mol. The van der Waals surface area contributed by atoms with Gasteiger partial charge in [0.2, 0.25) is 0 Å². The van der Waals surface area contributed by atoms with E-state index in [9.17, 15) is 4.79 Å². The Hall–Kier alpha value is -1.88. The second-order valence-electron chi connectivity index (χ2n) is 7.03. The Kier molecular flexibility index (Phi) is 7.90. The van der Waals surface area contributed by atoms with Crippen LogP contribution in [0, 0.1) is 0 Å². The largest absolute Gasteiger partial charge is 0.466 e. The number of carbonyl (C=O) groups excluding carboxylic acids is 1. The average molecular weight is 402 g/mol. The lowest BCUT2D eigenvalue weighted by molar-refractivity contribution is -0.145. The fourth-order valence-electron chi connectivity index (χ4n) is 3.54. The summed E-state index contributed by atoms with van der Waals surface area (Å²) in [5, 5.41) is 0.756. The molecule has 3 rings (SSSR count). The number of esters is 1. The van der Waals surface area contributed by atoms with Gasteiger partial charge in [-0.25, -0.2) is 0 Å². The number of benzene rings is 2. The summed E-state index contributed by atoms with van der Waals surface area (Å²) >= 11 is 6.29. The normalized spacial score (nSPS) is 17.4. The molecule has 1 atom stereocenters. The molecule has 0 spiro atoms. The third-order valence-electron chi connectivity index (χ3n) is 5.04. The van der Waals surface area contributed by atoms with Crippen LogP contribution in [0.5, 0.6) is 0 Å². The molecule has 4 nitrogen and oxygen atoms in total. The maximum Gasteiger partial charge on any atom is 0.307 e. The molecule has 5 heteroatoms. The first-order valence-corrected chi connectivity index (χ1v) is 10.4. The van der Waals surface area contributed by atoms with Gasteiger partial charge in [0.25, 0.3) is 0 Å². The van der Waals surface area contributed by atoms with Crippen LogP contribution in [0.4, 0.5) is 0 Å². The number of ether oxygens (including phenoxy) is 2. The highest BCUT2D eigenvalue weighted by Gasteiger charge is 2.23. The van der Waals surface area contributed by atoms with Gasteiger partial charge in [0.1, 0.15) is 6.23 Å². The number of nitrogens with zero attached hydrogens (tertiary/aromatic N) is 1. The quantitative estimate of drug-likeness (QED) is 0.563. The Bertz CT molecular complexity index is 763.